The maximum atomic E-state index is 12.0. The van der Waals surface area contributed by atoms with E-state index in [0.717, 1.165) is 29.7 Å². The Kier molecular flexibility index (Phi) is 7.62. The van der Waals surface area contributed by atoms with Crippen molar-refractivity contribution >= 4 is 35.2 Å². The SMILES string of the molecule is O=C(CSc1ccccc1Cl)NCCc1ccc(OCC(=O)NC2CC2)cc1. The predicted molar refractivity (Wildman–Crippen MR) is 112 cm³/mol. The molecule has 1 fully saturated rings. The predicted octanol–water partition coefficient (Wildman–Crippen LogP) is 3.45. The summed E-state index contributed by atoms with van der Waals surface area (Å²) in [5.74, 6) is 0.893. The molecule has 5 nitrogen and oxygen atoms in total. The van der Waals surface area contributed by atoms with Crippen molar-refractivity contribution in [3.63, 3.8) is 0 Å². The number of amides is 2. The van der Waals surface area contributed by atoms with E-state index in [1.807, 2.05) is 48.5 Å². The minimum absolute atomic E-state index is 0.0217. The van der Waals surface area contributed by atoms with Gasteiger partial charge in [0.1, 0.15) is 5.75 Å². The Balaban J connectivity index is 1.32. The largest absolute Gasteiger partial charge is 0.484 e. The molecule has 0 aliphatic heterocycles. The minimum atomic E-state index is -0.0797. The number of nitrogens with one attached hydrogen (secondary N) is 2. The van der Waals surface area contributed by atoms with Crippen molar-refractivity contribution in [1.29, 1.82) is 0 Å². The van der Waals surface area contributed by atoms with Gasteiger partial charge in [-0.3, -0.25) is 9.59 Å². The smallest absolute Gasteiger partial charge is 0.258 e. The molecule has 0 unspecified atom stereocenters. The summed E-state index contributed by atoms with van der Waals surface area (Å²) in [5.41, 5.74) is 1.09. The van der Waals surface area contributed by atoms with Crippen molar-refractivity contribution in [1.82, 2.24) is 10.6 Å². The van der Waals surface area contributed by atoms with Crippen molar-refractivity contribution in [2.45, 2.75) is 30.2 Å². The number of rotatable bonds is 10. The van der Waals surface area contributed by atoms with E-state index >= 15 is 0 Å². The molecule has 3 rings (SSSR count). The third-order valence-electron chi connectivity index (χ3n) is 4.17. The molecule has 148 valence electrons. The lowest BCUT2D eigenvalue weighted by atomic mass is 10.1. The van der Waals surface area contributed by atoms with E-state index in [9.17, 15) is 9.59 Å². The van der Waals surface area contributed by atoms with Gasteiger partial charge in [0.15, 0.2) is 6.61 Å². The van der Waals surface area contributed by atoms with E-state index in [-0.39, 0.29) is 18.4 Å². The van der Waals surface area contributed by atoms with Crippen LogP contribution in [0.4, 0.5) is 0 Å². The van der Waals surface area contributed by atoms with E-state index in [1.165, 1.54) is 11.8 Å². The van der Waals surface area contributed by atoms with Crippen LogP contribution in [0, 0.1) is 0 Å². The monoisotopic (exact) mass is 418 g/mol. The summed E-state index contributed by atoms with van der Waals surface area (Å²) in [6.07, 6.45) is 2.86. The van der Waals surface area contributed by atoms with Crippen LogP contribution in [0.2, 0.25) is 5.02 Å². The normalized spacial score (nSPS) is 13.0. The van der Waals surface area contributed by atoms with E-state index in [0.29, 0.717) is 29.1 Å². The van der Waals surface area contributed by atoms with E-state index in [1.54, 1.807) is 0 Å². The molecule has 1 aliphatic rings. The first-order valence-electron chi connectivity index (χ1n) is 9.25. The highest BCUT2D eigenvalue weighted by Crippen LogP contribution is 2.26. The van der Waals surface area contributed by atoms with Gasteiger partial charge < -0.3 is 15.4 Å². The Labute approximate surface area is 174 Å². The van der Waals surface area contributed by atoms with Gasteiger partial charge in [0.05, 0.1) is 10.8 Å². The van der Waals surface area contributed by atoms with Gasteiger partial charge in [-0.1, -0.05) is 35.9 Å². The number of hydrogen-bond acceptors (Lipinski definition) is 4. The molecule has 0 atom stereocenters. The summed E-state index contributed by atoms with van der Waals surface area (Å²) in [6, 6.07) is 15.4. The zero-order chi connectivity index (χ0) is 19.8. The van der Waals surface area contributed by atoms with Crippen LogP contribution in [0.1, 0.15) is 18.4 Å². The number of hydrogen-bond donors (Lipinski definition) is 2. The zero-order valence-corrected chi connectivity index (χ0v) is 17.0. The Morgan fingerprint density at radius 3 is 2.54 bits per heavy atom. The zero-order valence-electron chi connectivity index (χ0n) is 15.4. The Morgan fingerprint density at radius 1 is 1.07 bits per heavy atom. The molecule has 0 heterocycles. The Morgan fingerprint density at radius 2 is 1.82 bits per heavy atom. The van der Waals surface area contributed by atoms with Crippen LogP contribution in [0.15, 0.2) is 53.4 Å². The number of halogens is 1. The van der Waals surface area contributed by atoms with Gasteiger partial charge in [-0.25, -0.2) is 0 Å². The fourth-order valence-electron chi connectivity index (χ4n) is 2.50. The maximum absolute atomic E-state index is 12.0. The molecule has 0 saturated heterocycles. The van der Waals surface area contributed by atoms with Crippen molar-refractivity contribution in [3.8, 4) is 5.75 Å². The summed E-state index contributed by atoms with van der Waals surface area (Å²) < 4.78 is 5.48. The summed E-state index contributed by atoms with van der Waals surface area (Å²) in [5, 5.41) is 6.46. The fraction of sp³-hybridized carbons (Fsp3) is 0.333. The van der Waals surface area contributed by atoms with Crippen molar-refractivity contribution in [2.24, 2.45) is 0 Å². The standard InChI is InChI=1S/C21H23ClN2O3S/c22-18-3-1-2-4-19(18)28-14-21(26)23-12-11-15-5-9-17(10-6-15)27-13-20(25)24-16-7-8-16/h1-6,9-10,16H,7-8,11-14H2,(H,23,26)(H,24,25). The van der Waals surface area contributed by atoms with E-state index < -0.39 is 0 Å². The first-order valence-corrected chi connectivity index (χ1v) is 10.6. The van der Waals surface area contributed by atoms with Crippen LogP contribution >= 0.6 is 23.4 Å². The molecule has 0 radical (unpaired) electrons. The van der Waals surface area contributed by atoms with Crippen molar-refractivity contribution < 1.29 is 14.3 Å². The van der Waals surface area contributed by atoms with Crippen LogP contribution in [0.5, 0.6) is 5.75 Å². The fourth-order valence-corrected chi connectivity index (χ4v) is 3.57. The van der Waals surface area contributed by atoms with Gasteiger partial charge in [0.25, 0.3) is 5.91 Å². The summed E-state index contributed by atoms with van der Waals surface area (Å²) >= 11 is 7.51. The highest BCUT2D eigenvalue weighted by molar-refractivity contribution is 8.00. The average molecular weight is 419 g/mol. The first-order chi connectivity index (χ1) is 13.6. The summed E-state index contributed by atoms with van der Waals surface area (Å²) in [6.45, 7) is 0.598. The van der Waals surface area contributed by atoms with Gasteiger partial charge in [-0.15, -0.1) is 11.8 Å². The molecular weight excluding hydrogens is 396 g/mol. The molecule has 2 amide bonds. The third-order valence-corrected chi connectivity index (χ3v) is 5.68. The number of benzene rings is 2. The maximum Gasteiger partial charge on any atom is 0.258 e. The highest BCUT2D eigenvalue weighted by atomic mass is 35.5. The van der Waals surface area contributed by atoms with Gasteiger partial charge in [0, 0.05) is 17.5 Å². The lowest BCUT2D eigenvalue weighted by Gasteiger charge is -2.08. The lowest BCUT2D eigenvalue weighted by molar-refractivity contribution is -0.123. The number of thioether (sulfide) groups is 1. The molecule has 0 bridgehead atoms. The van der Waals surface area contributed by atoms with Crippen molar-refractivity contribution in [3.05, 3.63) is 59.1 Å². The van der Waals surface area contributed by atoms with Gasteiger partial charge in [-0.2, -0.15) is 0 Å². The Hall–Kier alpha value is -2.18. The van der Waals surface area contributed by atoms with Crippen LogP contribution < -0.4 is 15.4 Å². The van der Waals surface area contributed by atoms with E-state index in [2.05, 4.69) is 10.6 Å². The second-order valence-corrected chi connectivity index (χ2v) is 8.02. The molecule has 1 saturated carbocycles. The quantitative estimate of drug-likeness (QED) is 0.580. The van der Waals surface area contributed by atoms with Crippen LogP contribution in [0.25, 0.3) is 0 Å². The van der Waals surface area contributed by atoms with E-state index in [4.69, 9.17) is 16.3 Å². The molecule has 0 spiro atoms. The minimum Gasteiger partial charge on any atom is -0.484 e. The first kappa shape index (κ1) is 20.6. The molecule has 28 heavy (non-hydrogen) atoms. The van der Waals surface area contributed by atoms with Gasteiger partial charge in [-0.05, 0) is 49.1 Å². The second-order valence-electron chi connectivity index (χ2n) is 6.59. The number of carbonyl (C=O) groups is 2. The van der Waals surface area contributed by atoms with Crippen LogP contribution in [-0.2, 0) is 16.0 Å². The highest BCUT2D eigenvalue weighted by Gasteiger charge is 2.23. The molecule has 2 N–H and O–H groups in total. The van der Waals surface area contributed by atoms with Gasteiger partial charge >= 0.3 is 0 Å². The average Bonchev–Trinajstić information content (AvgIpc) is 3.51. The van der Waals surface area contributed by atoms with Gasteiger partial charge in [0.2, 0.25) is 5.91 Å². The molecule has 7 heteroatoms. The molecule has 2 aromatic carbocycles. The van der Waals surface area contributed by atoms with Crippen LogP contribution in [-0.4, -0.2) is 36.8 Å². The molecular formula is C21H23ClN2O3S. The summed E-state index contributed by atoms with van der Waals surface area (Å²) in [4.78, 5) is 24.5. The van der Waals surface area contributed by atoms with Crippen molar-refractivity contribution in [2.75, 3.05) is 18.9 Å². The third kappa shape index (κ3) is 7.09. The summed E-state index contributed by atoms with van der Waals surface area (Å²) in [7, 11) is 0. The number of ether oxygens (including phenoxy) is 1. The topological polar surface area (TPSA) is 67.4 Å². The second kappa shape index (κ2) is 10.4. The lowest BCUT2D eigenvalue weighted by Crippen LogP contribution is -2.30. The molecule has 1 aliphatic carbocycles. The van der Waals surface area contributed by atoms with Crippen LogP contribution in [0.3, 0.4) is 0 Å². The molecule has 0 aromatic heterocycles. The Bertz CT molecular complexity index is 810. The molecule has 2 aromatic rings. The number of carbonyl (C=O) groups excluding carboxylic acids is 2.